The molecule has 2 aliphatic heterocycles. The summed E-state index contributed by atoms with van der Waals surface area (Å²) in [6, 6.07) is 7.83. The van der Waals surface area contributed by atoms with E-state index in [0.717, 1.165) is 23.0 Å². The number of para-hydroxylation sites is 1. The summed E-state index contributed by atoms with van der Waals surface area (Å²) in [6.45, 7) is 10.6. The van der Waals surface area contributed by atoms with Gasteiger partial charge < -0.3 is 19.1 Å². The van der Waals surface area contributed by atoms with Crippen LogP contribution in [0.25, 0.3) is 17.0 Å². The third-order valence-corrected chi connectivity index (χ3v) is 8.08. The summed E-state index contributed by atoms with van der Waals surface area (Å²) in [5, 5.41) is 0.937. The molecule has 10 heteroatoms. The van der Waals surface area contributed by atoms with E-state index < -0.39 is 0 Å². The number of thiocarbonyl (C=S) groups is 1. The lowest BCUT2D eigenvalue weighted by Crippen LogP contribution is -2.49. The summed E-state index contributed by atoms with van der Waals surface area (Å²) < 4.78 is 7.42. The number of pyridine rings is 1. The summed E-state index contributed by atoms with van der Waals surface area (Å²) in [6.07, 6.45) is 2.18. The Morgan fingerprint density at radius 1 is 1.14 bits per heavy atom. The first-order valence-corrected chi connectivity index (χ1v) is 13.6. The smallest absolute Gasteiger partial charge is 0.409 e. The van der Waals surface area contributed by atoms with E-state index in [9.17, 15) is 14.4 Å². The molecule has 4 rings (SSSR count). The quantitative estimate of drug-likeness (QED) is 0.409. The monoisotopic (exact) mass is 528 g/mol. The molecule has 1 atom stereocenters. The molecule has 192 valence electrons. The molecule has 2 aliphatic rings. The van der Waals surface area contributed by atoms with E-state index in [0.29, 0.717) is 54.1 Å². The summed E-state index contributed by atoms with van der Waals surface area (Å²) in [7, 11) is 0. The lowest BCUT2D eigenvalue weighted by atomic mass is 10.0. The van der Waals surface area contributed by atoms with Crippen molar-refractivity contribution in [2.75, 3.05) is 37.7 Å². The van der Waals surface area contributed by atoms with Gasteiger partial charge in [-0.1, -0.05) is 49.1 Å². The largest absolute Gasteiger partial charge is 0.450 e. The predicted molar refractivity (Wildman–Crippen MR) is 149 cm³/mol. The Morgan fingerprint density at radius 2 is 1.83 bits per heavy atom. The fourth-order valence-electron chi connectivity index (χ4n) is 4.70. The van der Waals surface area contributed by atoms with Crippen LogP contribution in [0, 0.1) is 0 Å². The number of amides is 2. The maximum absolute atomic E-state index is 13.8. The van der Waals surface area contributed by atoms with Gasteiger partial charge in [0, 0.05) is 44.2 Å². The van der Waals surface area contributed by atoms with Crippen LogP contribution in [0.1, 0.15) is 39.7 Å². The highest BCUT2D eigenvalue weighted by Crippen LogP contribution is 2.37. The second-order valence-electron chi connectivity index (χ2n) is 8.81. The molecule has 0 spiro atoms. The molecule has 2 fully saturated rings. The number of anilines is 1. The standard InChI is InChI=1S/C26H32N4O4S2/c1-5-17(4)30-24(32)21(36-26(30)35)16-19-22(27-12-14-28(15-13-27)25(33)34-7-3)18-10-8-9-11-20(18)29(6-2)23(19)31/h8-11,16-17H,5-7,12-15H2,1-4H3. The number of piperazine rings is 1. The van der Waals surface area contributed by atoms with Crippen LogP contribution in [0.5, 0.6) is 0 Å². The summed E-state index contributed by atoms with van der Waals surface area (Å²) >= 11 is 6.76. The van der Waals surface area contributed by atoms with Crippen LogP contribution < -0.4 is 10.5 Å². The van der Waals surface area contributed by atoms with E-state index in [1.807, 2.05) is 45.0 Å². The number of aryl methyl sites for hydroxylation is 1. The van der Waals surface area contributed by atoms with Crippen molar-refractivity contribution in [3.8, 4) is 0 Å². The van der Waals surface area contributed by atoms with Crippen LogP contribution >= 0.6 is 24.0 Å². The molecule has 8 nitrogen and oxygen atoms in total. The molecular formula is C26H32N4O4S2. The molecule has 0 radical (unpaired) electrons. The van der Waals surface area contributed by atoms with E-state index in [1.54, 1.807) is 27.4 Å². The number of rotatable bonds is 6. The summed E-state index contributed by atoms with van der Waals surface area (Å²) in [4.78, 5) is 45.3. The molecular weight excluding hydrogens is 496 g/mol. The van der Waals surface area contributed by atoms with Crippen molar-refractivity contribution in [3.63, 3.8) is 0 Å². The van der Waals surface area contributed by atoms with Crippen LogP contribution in [0.2, 0.25) is 0 Å². The third kappa shape index (κ3) is 4.76. The summed E-state index contributed by atoms with van der Waals surface area (Å²) in [5.74, 6) is -0.159. The van der Waals surface area contributed by atoms with Crippen LogP contribution in [0.4, 0.5) is 10.5 Å². The average Bonchev–Trinajstić information content (AvgIpc) is 3.16. The Labute approximate surface area is 220 Å². The van der Waals surface area contributed by atoms with Crippen LogP contribution in [0.15, 0.2) is 34.0 Å². The van der Waals surface area contributed by atoms with E-state index in [-0.39, 0.29) is 23.6 Å². The molecule has 2 amide bonds. The second kappa shape index (κ2) is 11.0. The maximum atomic E-state index is 13.8. The number of aromatic nitrogens is 1. The number of hydrogen-bond donors (Lipinski definition) is 0. The van der Waals surface area contributed by atoms with Crippen LogP contribution in [-0.4, -0.2) is 69.5 Å². The molecule has 1 unspecified atom stereocenters. The number of carbonyl (C=O) groups is 2. The van der Waals surface area contributed by atoms with Crippen molar-refractivity contribution in [2.45, 2.75) is 46.7 Å². The van der Waals surface area contributed by atoms with E-state index >= 15 is 0 Å². The van der Waals surface area contributed by atoms with Crippen molar-refractivity contribution in [1.82, 2.24) is 14.4 Å². The molecule has 0 bridgehead atoms. The fourth-order valence-corrected chi connectivity index (χ4v) is 6.14. The van der Waals surface area contributed by atoms with Gasteiger partial charge in [-0.15, -0.1) is 0 Å². The summed E-state index contributed by atoms with van der Waals surface area (Å²) in [5.41, 5.74) is 1.97. The predicted octanol–water partition coefficient (Wildman–Crippen LogP) is 4.30. The molecule has 36 heavy (non-hydrogen) atoms. The highest BCUT2D eigenvalue weighted by atomic mass is 32.2. The normalized spacial score (nSPS) is 18.4. The molecule has 2 aromatic rings. The number of carbonyl (C=O) groups excluding carboxylic acids is 2. The van der Waals surface area contributed by atoms with Gasteiger partial charge in [0.2, 0.25) is 0 Å². The highest BCUT2D eigenvalue weighted by Gasteiger charge is 2.35. The molecule has 2 saturated heterocycles. The van der Waals surface area contributed by atoms with Gasteiger partial charge >= 0.3 is 6.09 Å². The number of hydrogen-bond acceptors (Lipinski definition) is 7. The van der Waals surface area contributed by atoms with Crippen molar-refractivity contribution in [2.24, 2.45) is 0 Å². The molecule has 1 aromatic heterocycles. The molecule has 0 N–H and O–H groups in total. The average molecular weight is 529 g/mol. The number of thioether (sulfide) groups is 1. The molecule has 0 saturated carbocycles. The zero-order valence-corrected chi connectivity index (χ0v) is 22.8. The van der Waals surface area contributed by atoms with E-state index in [2.05, 4.69) is 4.90 Å². The molecule has 3 heterocycles. The molecule has 1 aromatic carbocycles. The van der Waals surface area contributed by atoms with Crippen molar-refractivity contribution < 1.29 is 14.3 Å². The topological polar surface area (TPSA) is 75.1 Å². The lowest BCUT2D eigenvalue weighted by Gasteiger charge is -2.37. The van der Waals surface area contributed by atoms with E-state index in [1.165, 1.54) is 11.8 Å². The van der Waals surface area contributed by atoms with Gasteiger partial charge in [-0.2, -0.15) is 0 Å². The number of ether oxygens (including phenoxy) is 1. The minimum atomic E-state index is -0.322. The van der Waals surface area contributed by atoms with Crippen molar-refractivity contribution >= 4 is 63.0 Å². The van der Waals surface area contributed by atoms with Gasteiger partial charge in [0.1, 0.15) is 4.32 Å². The minimum absolute atomic E-state index is 0.0114. The van der Waals surface area contributed by atoms with Crippen molar-refractivity contribution in [3.05, 3.63) is 45.1 Å². The van der Waals surface area contributed by atoms with Gasteiger partial charge in [-0.25, -0.2) is 4.79 Å². The van der Waals surface area contributed by atoms with Crippen LogP contribution in [-0.2, 0) is 16.1 Å². The number of fused-ring (bicyclic) bond motifs is 1. The van der Waals surface area contributed by atoms with Gasteiger partial charge in [0.15, 0.2) is 0 Å². The SMILES string of the molecule is CCOC(=O)N1CCN(c2c(C=C3SC(=S)N(C(C)CC)C3=O)c(=O)n(CC)c3ccccc23)CC1. The highest BCUT2D eigenvalue weighted by molar-refractivity contribution is 8.26. The van der Waals surface area contributed by atoms with Gasteiger partial charge in [-0.3, -0.25) is 14.5 Å². The Balaban J connectivity index is 1.83. The zero-order chi connectivity index (χ0) is 26.0. The van der Waals surface area contributed by atoms with Crippen LogP contribution in [0.3, 0.4) is 0 Å². The first-order chi connectivity index (χ1) is 17.3. The van der Waals surface area contributed by atoms with Gasteiger partial charge in [-0.05, 0) is 39.3 Å². The Hall–Kier alpha value is -2.85. The van der Waals surface area contributed by atoms with Gasteiger partial charge in [0.25, 0.3) is 11.5 Å². The van der Waals surface area contributed by atoms with Crippen molar-refractivity contribution in [1.29, 1.82) is 0 Å². The number of nitrogens with zero attached hydrogens (tertiary/aromatic N) is 4. The maximum Gasteiger partial charge on any atom is 0.409 e. The Bertz CT molecular complexity index is 1280. The third-order valence-electron chi connectivity index (χ3n) is 6.75. The minimum Gasteiger partial charge on any atom is -0.450 e. The number of benzene rings is 1. The lowest BCUT2D eigenvalue weighted by molar-refractivity contribution is -0.123. The fraction of sp³-hybridized carbons (Fsp3) is 0.462. The first kappa shape index (κ1) is 26.2. The van der Waals surface area contributed by atoms with E-state index in [4.69, 9.17) is 17.0 Å². The molecule has 0 aliphatic carbocycles. The first-order valence-electron chi connectivity index (χ1n) is 12.4. The Kier molecular flexibility index (Phi) is 8.04. The Morgan fingerprint density at radius 3 is 2.47 bits per heavy atom. The van der Waals surface area contributed by atoms with Gasteiger partial charge in [0.05, 0.1) is 28.3 Å². The second-order valence-corrected chi connectivity index (χ2v) is 10.5. The zero-order valence-electron chi connectivity index (χ0n) is 21.2.